The molecule has 0 radical (unpaired) electrons. The highest BCUT2D eigenvalue weighted by Crippen LogP contribution is 2.52. The van der Waals surface area contributed by atoms with Crippen LogP contribution in [0.3, 0.4) is 0 Å². The second-order valence-corrected chi connectivity index (χ2v) is 38.3. The molecule has 0 N–H and O–H groups in total. The van der Waals surface area contributed by atoms with Crippen molar-refractivity contribution in [2.45, 2.75) is 157 Å². The minimum Gasteiger partial charge on any atom is -0.311 e. The van der Waals surface area contributed by atoms with Crippen molar-refractivity contribution >= 4 is 101 Å². The Hall–Kier alpha value is -12.2. The van der Waals surface area contributed by atoms with Gasteiger partial charge in [-0.25, -0.2) is 0 Å². The summed E-state index contributed by atoms with van der Waals surface area (Å²) < 4.78 is 50.9. The molecule has 2 aliphatic rings. The normalized spacial score (nSPS) is 13.9. The zero-order valence-corrected chi connectivity index (χ0v) is 69.6. The Labute approximate surface area is 687 Å². The maximum absolute atomic E-state index is 12.2. The highest BCUT2D eigenvalue weighted by molar-refractivity contribution is 7.00. The molecule has 0 bridgehead atoms. The Morgan fingerprint density at radius 3 is 1.21 bits per heavy atom. The first kappa shape index (κ1) is 68.4. The van der Waals surface area contributed by atoms with Crippen LogP contribution >= 0.6 is 0 Å². The number of hydrogen-bond donors (Lipinski definition) is 0. The number of fused-ring (bicyclic) bond motifs is 10. The van der Waals surface area contributed by atoms with E-state index in [9.17, 15) is 8.00 Å². The fraction of sp³-hybridized carbons (Fsp3) is 0.220. The van der Waals surface area contributed by atoms with E-state index >= 15 is 0 Å². The van der Waals surface area contributed by atoms with Gasteiger partial charge in [-0.15, -0.1) is 0 Å². The Morgan fingerprint density at radius 2 is 0.687 bits per heavy atom. The molecule has 566 valence electrons. The lowest BCUT2D eigenvalue weighted by atomic mass is 9.33. The van der Waals surface area contributed by atoms with Crippen LogP contribution in [0.15, 0.2) is 291 Å². The van der Waals surface area contributed by atoms with E-state index in [1.54, 1.807) is 0 Å². The number of para-hydroxylation sites is 2. The van der Waals surface area contributed by atoms with Gasteiger partial charge in [0.1, 0.15) is 6.07 Å². The molecule has 2 aromatic heterocycles. The molecule has 0 amide bonds. The maximum Gasteiger partial charge on any atom is 0.252 e. The third-order valence-corrected chi connectivity index (χ3v) is 24.3. The van der Waals surface area contributed by atoms with Crippen LogP contribution in [0.2, 0.25) is 0 Å². The van der Waals surface area contributed by atoms with Crippen molar-refractivity contribution in [3.8, 4) is 73.1 Å². The summed E-state index contributed by atoms with van der Waals surface area (Å²) in [6, 6.07) is 97.4. The van der Waals surface area contributed by atoms with Crippen molar-refractivity contribution < 1.29 is 6.85 Å². The van der Waals surface area contributed by atoms with Crippen LogP contribution in [0.25, 0.3) is 111 Å². The van der Waals surface area contributed by atoms with Gasteiger partial charge in [-0.1, -0.05) is 313 Å². The number of hydrogen-bond acceptors (Lipinski definition) is 3. The van der Waals surface area contributed by atoms with Gasteiger partial charge in [-0.2, -0.15) is 5.26 Å². The Balaban J connectivity index is 1.02. The average Bonchev–Trinajstić information content (AvgIpc) is 0.750. The van der Waals surface area contributed by atoms with E-state index in [0.29, 0.717) is 16.7 Å². The molecule has 5 nitrogen and oxygen atoms in total. The van der Waals surface area contributed by atoms with E-state index in [4.69, 9.17) is 4.11 Å². The van der Waals surface area contributed by atoms with Crippen molar-refractivity contribution in [1.82, 2.24) is 9.13 Å². The number of rotatable bonds is 9. The van der Waals surface area contributed by atoms with E-state index in [0.717, 1.165) is 134 Å². The van der Waals surface area contributed by atoms with Gasteiger partial charge < -0.3 is 18.9 Å². The third-order valence-electron chi connectivity index (χ3n) is 24.3. The molecule has 6 heteroatoms. The molecule has 0 unspecified atom stereocenters. The van der Waals surface area contributed by atoms with Gasteiger partial charge in [0, 0.05) is 61.4 Å². The second kappa shape index (κ2) is 27.0. The van der Waals surface area contributed by atoms with E-state index in [-0.39, 0.29) is 50.1 Å². The molecular formula is C109H102BN5. The largest absolute Gasteiger partial charge is 0.311 e. The third kappa shape index (κ3) is 13.0. The first-order valence-corrected chi connectivity index (χ1v) is 40.7. The van der Waals surface area contributed by atoms with Gasteiger partial charge in [0.2, 0.25) is 0 Å². The van der Waals surface area contributed by atoms with E-state index < -0.39 is 24.8 Å². The Morgan fingerprint density at radius 1 is 0.278 bits per heavy atom. The molecule has 16 aromatic rings. The fourth-order valence-electron chi connectivity index (χ4n) is 17.7. The van der Waals surface area contributed by atoms with Gasteiger partial charge in [0.05, 0.1) is 40.2 Å². The summed E-state index contributed by atoms with van der Waals surface area (Å²) in [6.45, 7) is 41.0. The number of aromatic nitrogens is 2. The topological polar surface area (TPSA) is 40.1 Å². The van der Waals surface area contributed by atoms with Crippen molar-refractivity contribution in [3.05, 3.63) is 330 Å². The van der Waals surface area contributed by atoms with E-state index in [2.05, 4.69) is 374 Å². The first-order chi connectivity index (χ1) is 56.8. The second-order valence-electron chi connectivity index (χ2n) is 38.3. The smallest absolute Gasteiger partial charge is 0.252 e. The minimum absolute atomic E-state index is 0.126. The standard InChI is InChI=1S/C109H102BN5/c1-104(2,3)77-43-49-96-90(63-77)91-64-78(105(4,5)6)44-50-97(91)113(96)84-46-48-93-100(66-84)114(85-56-72(68-31-21-19-22-32-68)51-76(57-85)87-36-26-25-35-86(87)69-33-23-20-24-34-69)101-59-75(74-54-81(108(13,14)15)62-82(55-74)109(16,17)18)60-102-103(101)110(93)92-47-42-70(73-52-79(106(7,8)9)61-80(53-73)107(10,11)12)58-99(92)115(102)98-65-83(45-41-71(98)67-111)112-94-39-29-27-37-88(94)89-38-28-30-40-95(89)112/h19-66H,1-18H3/i20D,23D,24D,33D,34D. The van der Waals surface area contributed by atoms with Crippen LogP contribution in [0.5, 0.6) is 0 Å². The van der Waals surface area contributed by atoms with Crippen molar-refractivity contribution in [2.24, 2.45) is 0 Å². The number of benzene rings is 14. The highest BCUT2D eigenvalue weighted by Gasteiger charge is 2.45. The monoisotopic (exact) mass is 1500 g/mol. The molecular weight excluding hydrogens is 1390 g/mol. The quantitative estimate of drug-likeness (QED) is 0.135. The Kier molecular flexibility index (Phi) is 16.1. The lowest BCUT2D eigenvalue weighted by Crippen LogP contribution is -2.61. The summed E-state index contributed by atoms with van der Waals surface area (Å²) in [5.41, 5.74) is 29.7. The zero-order chi connectivity index (χ0) is 84.7. The molecule has 0 spiro atoms. The maximum atomic E-state index is 12.2. The summed E-state index contributed by atoms with van der Waals surface area (Å²) in [6.07, 6.45) is 0. The number of nitrogens with zero attached hydrogens (tertiary/aromatic N) is 5. The summed E-state index contributed by atoms with van der Waals surface area (Å²) in [4.78, 5) is 4.95. The lowest BCUT2D eigenvalue weighted by molar-refractivity contribution is 0.568. The van der Waals surface area contributed by atoms with Gasteiger partial charge in [-0.05, 0) is 241 Å². The van der Waals surface area contributed by atoms with Gasteiger partial charge in [0.15, 0.2) is 0 Å². The van der Waals surface area contributed by atoms with Crippen molar-refractivity contribution in [3.63, 3.8) is 0 Å². The molecule has 0 atom stereocenters. The molecule has 2 aliphatic heterocycles. The zero-order valence-electron chi connectivity index (χ0n) is 74.6. The summed E-state index contributed by atoms with van der Waals surface area (Å²) >= 11 is 0. The molecule has 115 heavy (non-hydrogen) atoms. The van der Waals surface area contributed by atoms with Crippen molar-refractivity contribution in [2.75, 3.05) is 9.80 Å². The molecule has 4 heterocycles. The fourth-order valence-corrected chi connectivity index (χ4v) is 17.7. The van der Waals surface area contributed by atoms with Crippen LogP contribution in [0, 0.1) is 11.3 Å². The minimum atomic E-state index is -0.446. The van der Waals surface area contributed by atoms with Gasteiger partial charge >= 0.3 is 0 Å². The molecule has 0 aliphatic carbocycles. The number of anilines is 6. The van der Waals surface area contributed by atoms with E-state index in [1.807, 2.05) is 36.4 Å². The molecule has 0 fully saturated rings. The van der Waals surface area contributed by atoms with E-state index in [1.165, 1.54) is 44.2 Å². The highest BCUT2D eigenvalue weighted by atomic mass is 15.2. The molecule has 14 aromatic carbocycles. The predicted molar refractivity (Wildman–Crippen MR) is 493 cm³/mol. The van der Waals surface area contributed by atoms with Crippen LogP contribution in [0.4, 0.5) is 34.1 Å². The summed E-state index contributed by atoms with van der Waals surface area (Å²) in [5.74, 6) is 0. The van der Waals surface area contributed by atoms with Gasteiger partial charge in [-0.3, -0.25) is 0 Å². The SMILES string of the molecule is [2H]c1c([2H])c([2H])c(-c2ccccc2-c2cc(-c3ccccc3)cc(N3c4cc(-n5c6ccc(C(C)(C)C)cc6c6cc(C(C)(C)C)ccc65)ccc4B4c5ccc(-c6cc(C(C)(C)C)cc(C(C)(C)C)c6)cc5N(c5cc(-n6c7ccccc7c7ccccc76)ccc5C#N)c5cc(-c6cc(C(C)(C)C)cc(C(C)(C)C)c6)cc3c54)c2)c([2H])c1[2H]. The predicted octanol–water partition coefficient (Wildman–Crippen LogP) is 28.0. The van der Waals surface area contributed by atoms with Gasteiger partial charge in [0.25, 0.3) is 6.71 Å². The van der Waals surface area contributed by atoms with Crippen LogP contribution in [0.1, 0.15) is 170 Å². The lowest BCUT2D eigenvalue weighted by Gasteiger charge is -2.45. The number of nitriles is 1. The summed E-state index contributed by atoms with van der Waals surface area (Å²) in [5, 5.41) is 16.8. The van der Waals surface area contributed by atoms with Crippen molar-refractivity contribution in [1.29, 1.82) is 5.26 Å². The Bertz CT molecular complexity index is 6790. The molecule has 18 rings (SSSR count). The summed E-state index contributed by atoms with van der Waals surface area (Å²) in [7, 11) is 0. The van der Waals surface area contributed by atoms with Crippen LogP contribution in [-0.4, -0.2) is 15.8 Å². The molecule has 0 saturated carbocycles. The average molecular weight is 1500 g/mol. The molecule has 0 saturated heterocycles. The van der Waals surface area contributed by atoms with Crippen LogP contribution in [-0.2, 0) is 32.5 Å². The first-order valence-electron chi connectivity index (χ1n) is 43.2. The van der Waals surface area contributed by atoms with Crippen LogP contribution < -0.4 is 26.2 Å².